The molecule has 2 aromatic heterocycles. The van der Waals surface area contributed by atoms with E-state index in [2.05, 4.69) is 37.6 Å². The van der Waals surface area contributed by atoms with Crippen LogP contribution >= 0.6 is 39.5 Å². The lowest BCUT2D eigenvalue weighted by molar-refractivity contribution is -0.116. The predicted molar refractivity (Wildman–Crippen MR) is 119 cm³/mol. The van der Waals surface area contributed by atoms with Crippen LogP contribution < -0.4 is 10.6 Å². The average Bonchev–Trinajstić information content (AvgIpc) is 3.26. The largest absolute Gasteiger partial charge is 0.352 e. The number of carbonyl (C=O) groups excluding carboxylic acids is 1. The van der Waals surface area contributed by atoms with Crippen molar-refractivity contribution in [1.82, 2.24) is 15.2 Å². The second-order valence-electron chi connectivity index (χ2n) is 6.31. The molecule has 2 atom stereocenters. The van der Waals surface area contributed by atoms with E-state index in [0.29, 0.717) is 5.11 Å². The van der Waals surface area contributed by atoms with E-state index in [1.54, 1.807) is 17.5 Å². The third kappa shape index (κ3) is 4.09. The van der Waals surface area contributed by atoms with Crippen LogP contribution in [0.3, 0.4) is 0 Å². The lowest BCUT2D eigenvalue weighted by Gasteiger charge is -2.26. The molecular weight excluding hydrogens is 456 g/mol. The van der Waals surface area contributed by atoms with E-state index in [-0.39, 0.29) is 24.5 Å². The number of nitrogens with one attached hydrogen (secondary N) is 2. The molecule has 0 unspecified atom stereocenters. The fraction of sp³-hybridized carbons (Fsp3) is 0.150. The molecule has 0 spiro atoms. The first-order valence-electron chi connectivity index (χ1n) is 8.70. The molecule has 0 radical (unpaired) electrons. The van der Waals surface area contributed by atoms with Gasteiger partial charge in [0.1, 0.15) is 6.54 Å². The smallest absolute Gasteiger partial charge is 0.244 e. The lowest BCUT2D eigenvalue weighted by atomic mass is 10.0. The molecule has 8 heteroatoms. The number of anilines is 1. The van der Waals surface area contributed by atoms with E-state index in [1.807, 2.05) is 59.5 Å². The molecule has 1 aromatic carbocycles. The number of rotatable bonds is 5. The number of pyridine rings is 1. The Hall–Kier alpha value is -2.29. The van der Waals surface area contributed by atoms with Crippen molar-refractivity contribution in [2.75, 3.05) is 11.9 Å². The summed E-state index contributed by atoms with van der Waals surface area (Å²) in [4.78, 5) is 20.2. The van der Waals surface area contributed by atoms with Crippen molar-refractivity contribution in [3.05, 3.63) is 81.2 Å². The molecule has 142 valence electrons. The van der Waals surface area contributed by atoms with Crippen molar-refractivity contribution in [2.24, 2.45) is 0 Å². The van der Waals surface area contributed by atoms with Crippen LogP contribution in [0.4, 0.5) is 5.69 Å². The van der Waals surface area contributed by atoms with Crippen LogP contribution in [0.1, 0.15) is 22.7 Å². The minimum absolute atomic E-state index is 0.111. The molecular formula is C20H17BrN4OS2. The summed E-state index contributed by atoms with van der Waals surface area (Å²) >= 11 is 10.8. The second kappa shape index (κ2) is 8.38. The zero-order valence-electron chi connectivity index (χ0n) is 14.7. The molecule has 1 saturated heterocycles. The average molecular weight is 473 g/mol. The Bertz CT molecular complexity index is 980. The molecule has 0 bridgehead atoms. The highest BCUT2D eigenvalue weighted by Crippen LogP contribution is 2.42. The van der Waals surface area contributed by atoms with Gasteiger partial charge in [0, 0.05) is 16.8 Å². The number of amides is 1. The molecule has 5 nitrogen and oxygen atoms in total. The molecule has 2 N–H and O–H groups in total. The van der Waals surface area contributed by atoms with Crippen LogP contribution in [0.2, 0.25) is 0 Å². The summed E-state index contributed by atoms with van der Waals surface area (Å²) in [7, 11) is 0. The van der Waals surface area contributed by atoms with Gasteiger partial charge in [-0.15, -0.1) is 11.3 Å². The van der Waals surface area contributed by atoms with Crippen molar-refractivity contribution < 1.29 is 4.79 Å². The topological polar surface area (TPSA) is 57.3 Å². The lowest BCUT2D eigenvalue weighted by Crippen LogP contribution is -2.36. The number of benzene rings is 1. The van der Waals surface area contributed by atoms with Crippen LogP contribution in [-0.2, 0) is 4.79 Å². The van der Waals surface area contributed by atoms with E-state index in [0.717, 1.165) is 20.0 Å². The monoisotopic (exact) mass is 472 g/mol. The normalized spacial score (nSPS) is 18.8. The van der Waals surface area contributed by atoms with E-state index >= 15 is 0 Å². The van der Waals surface area contributed by atoms with Gasteiger partial charge < -0.3 is 15.5 Å². The maximum atomic E-state index is 12.7. The molecule has 1 aliphatic rings. The third-order valence-corrected chi connectivity index (χ3v) is 6.50. The molecule has 1 fully saturated rings. The molecule has 28 heavy (non-hydrogen) atoms. The summed E-state index contributed by atoms with van der Waals surface area (Å²) in [6, 6.07) is 19.1. The number of hydrogen-bond acceptors (Lipinski definition) is 4. The maximum absolute atomic E-state index is 12.7. The summed E-state index contributed by atoms with van der Waals surface area (Å²) in [6.07, 6.45) is 1.77. The summed E-state index contributed by atoms with van der Waals surface area (Å²) in [5, 5.41) is 6.83. The van der Waals surface area contributed by atoms with Crippen LogP contribution in [0, 0.1) is 0 Å². The molecule has 1 amide bonds. The first-order chi connectivity index (χ1) is 13.6. The number of halogens is 1. The molecule has 0 saturated carbocycles. The fourth-order valence-electron chi connectivity index (χ4n) is 3.25. The van der Waals surface area contributed by atoms with Gasteiger partial charge in [-0.2, -0.15) is 0 Å². The minimum Gasteiger partial charge on any atom is -0.352 e. The van der Waals surface area contributed by atoms with Gasteiger partial charge in [0.15, 0.2) is 5.11 Å². The van der Waals surface area contributed by atoms with Gasteiger partial charge in [-0.1, -0.05) is 24.3 Å². The van der Waals surface area contributed by atoms with Crippen molar-refractivity contribution in [1.29, 1.82) is 0 Å². The van der Waals surface area contributed by atoms with Gasteiger partial charge in [-0.05, 0) is 64.5 Å². The van der Waals surface area contributed by atoms with E-state index in [1.165, 1.54) is 0 Å². The first kappa shape index (κ1) is 19.0. The van der Waals surface area contributed by atoms with Crippen LogP contribution in [0.15, 0.2) is 70.6 Å². The Balaban J connectivity index is 1.61. The predicted octanol–water partition coefficient (Wildman–Crippen LogP) is 4.52. The Labute approximate surface area is 180 Å². The van der Waals surface area contributed by atoms with Gasteiger partial charge in [-0.25, -0.2) is 0 Å². The zero-order chi connectivity index (χ0) is 19.5. The van der Waals surface area contributed by atoms with E-state index < -0.39 is 0 Å². The maximum Gasteiger partial charge on any atom is 0.244 e. The van der Waals surface area contributed by atoms with Crippen molar-refractivity contribution >= 4 is 56.2 Å². The van der Waals surface area contributed by atoms with Crippen molar-refractivity contribution in [2.45, 2.75) is 12.1 Å². The number of thiophene rings is 1. The third-order valence-electron chi connectivity index (χ3n) is 4.45. The summed E-state index contributed by atoms with van der Waals surface area (Å²) in [6.45, 7) is 0.157. The SMILES string of the molecule is O=C(CN1C(=S)N[C@H](c2ccccn2)[C@@H]1c1ccc(Br)s1)Nc1ccccc1. The van der Waals surface area contributed by atoms with Gasteiger partial charge in [0.2, 0.25) is 5.91 Å². The summed E-state index contributed by atoms with van der Waals surface area (Å²) in [5.74, 6) is -0.113. The highest BCUT2D eigenvalue weighted by atomic mass is 79.9. The van der Waals surface area contributed by atoms with E-state index in [4.69, 9.17) is 12.2 Å². The van der Waals surface area contributed by atoms with Gasteiger partial charge in [0.25, 0.3) is 0 Å². The minimum atomic E-state index is -0.122. The molecule has 0 aliphatic carbocycles. The van der Waals surface area contributed by atoms with E-state index in [9.17, 15) is 4.79 Å². The number of thiocarbonyl (C=S) groups is 1. The standard InChI is InChI=1S/C20H17BrN4OS2/c21-16-10-9-15(28-16)19-18(14-8-4-5-11-22-14)24-20(27)25(19)12-17(26)23-13-6-2-1-3-7-13/h1-11,18-19H,12H2,(H,23,26)(H,24,27)/t18-,19+/m1/s1. The Kier molecular flexibility index (Phi) is 5.70. The fourth-order valence-corrected chi connectivity index (χ4v) is 5.13. The molecule has 1 aliphatic heterocycles. The van der Waals surface area contributed by atoms with Crippen LogP contribution in [-0.4, -0.2) is 27.4 Å². The highest BCUT2D eigenvalue weighted by molar-refractivity contribution is 9.11. The summed E-state index contributed by atoms with van der Waals surface area (Å²) in [5.41, 5.74) is 1.66. The Morgan fingerprint density at radius 1 is 1.18 bits per heavy atom. The molecule has 3 heterocycles. The van der Waals surface area contributed by atoms with Crippen LogP contribution in [0.5, 0.6) is 0 Å². The number of nitrogens with zero attached hydrogens (tertiary/aromatic N) is 2. The first-order valence-corrected chi connectivity index (χ1v) is 10.7. The highest BCUT2D eigenvalue weighted by Gasteiger charge is 2.41. The number of para-hydroxylation sites is 1. The van der Waals surface area contributed by atoms with Gasteiger partial charge in [-0.3, -0.25) is 9.78 Å². The van der Waals surface area contributed by atoms with Crippen molar-refractivity contribution in [3.8, 4) is 0 Å². The number of hydrogen-bond donors (Lipinski definition) is 2. The summed E-state index contributed by atoms with van der Waals surface area (Å²) < 4.78 is 1.04. The quantitative estimate of drug-likeness (QED) is 0.534. The van der Waals surface area contributed by atoms with Crippen molar-refractivity contribution in [3.63, 3.8) is 0 Å². The van der Waals surface area contributed by atoms with Crippen LogP contribution in [0.25, 0.3) is 0 Å². The Morgan fingerprint density at radius 3 is 2.64 bits per heavy atom. The van der Waals surface area contributed by atoms with Gasteiger partial charge in [0.05, 0.1) is 21.6 Å². The molecule has 3 aromatic rings. The second-order valence-corrected chi connectivity index (χ2v) is 9.19. The van der Waals surface area contributed by atoms with Gasteiger partial charge >= 0.3 is 0 Å². The zero-order valence-corrected chi connectivity index (χ0v) is 17.9. The number of aromatic nitrogens is 1. The molecule has 4 rings (SSSR count). The number of carbonyl (C=O) groups is 1. The Morgan fingerprint density at radius 2 is 1.96 bits per heavy atom.